The minimum atomic E-state index is -4.58. The quantitative estimate of drug-likeness (QED) is 0.740. The maximum atomic E-state index is 12.9. The third-order valence-corrected chi connectivity index (χ3v) is 5.49. The Balaban J connectivity index is 1.63. The molecule has 1 heterocycles. The van der Waals surface area contributed by atoms with Crippen LogP contribution in [0.4, 0.5) is 24.5 Å². The molecule has 1 N–H and O–H groups in total. The minimum absolute atomic E-state index is 0.0615. The summed E-state index contributed by atoms with van der Waals surface area (Å²) in [5.41, 5.74) is 0.592. The van der Waals surface area contributed by atoms with Crippen LogP contribution in [0.2, 0.25) is 0 Å². The number of alkyl halides is 3. The molecule has 9 heteroatoms. The lowest BCUT2D eigenvalue weighted by Crippen LogP contribution is -2.31. The van der Waals surface area contributed by atoms with Crippen LogP contribution in [0.15, 0.2) is 48.5 Å². The molecule has 2 aromatic rings. The summed E-state index contributed by atoms with van der Waals surface area (Å²) in [5.74, 6) is -1.61. The smallest absolute Gasteiger partial charge is 0.325 e. The van der Waals surface area contributed by atoms with Crippen LogP contribution in [0.1, 0.15) is 17.5 Å². The number of nitrogens with one attached hydrogen (secondary N) is 1. The number of rotatable bonds is 5. The normalized spacial score (nSPS) is 17.0. The molecule has 29 heavy (non-hydrogen) atoms. The Morgan fingerprint density at radius 2 is 1.86 bits per heavy atom. The van der Waals surface area contributed by atoms with Gasteiger partial charge in [0.05, 0.1) is 22.3 Å². The van der Waals surface area contributed by atoms with Crippen molar-refractivity contribution in [1.29, 1.82) is 0 Å². The Hall–Kier alpha value is -2.81. The summed E-state index contributed by atoms with van der Waals surface area (Å²) < 4.78 is 38.7. The number of halogens is 3. The molecule has 0 aliphatic carbocycles. The summed E-state index contributed by atoms with van der Waals surface area (Å²) in [6.45, 7) is 1.92. The second-order valence-electron chi connectivity index (χ2n) is 6.53. The van der Waals surface area contributed by atoms with Gasteiger partial charge in [-0.05, 0) is 37.3 Å². The molecule has 2 aromatic carbocycles. The van der Waals surface area contributed by atoms with E-state index in [1.165, 1.54) is 6.07 Å². The van der Waals surface area contributed by atoms with Crippen LogP contribution in [0.25, 0.3) is 0 Å². The van der Waals surface area contributed by atoms with Gasteiger partial charge in [0.1, 0.15) is 0 Å². The zero-order valence-electron chi connectivity index (χ0n) is 15.3. The number of hydrogen-bond acceptors (Lipinski definition) is 4. The minimum Gasteiger partial charge on any atom is -0.325 e. The molecule has 0 aromatic heterocycles. The Morgan fingerprint density at radius 3 is 2.52 bits per heavy atom. The molecule has 3 amide bonds. The van der Waals surface area contributed by atoms with E-state index in [-0.39, 0.29) is 23.8 Å². The van der Waals surface area contributed by atoms with Crippen LogP contribution in [0.5, 0.6) is 0 Å². The number of anilines is 2. The van der Waals surface area contributed by atoms with Crippen LogP contribution >= 0.6 is 11.8 Å². The van der Waals surface area contributed by atoms with Gasteiger partial charge in [-0.3, -0.25) is 14.4 Å². The van der Waals surface area contributed by atoms with Gasteiger partial charge in [0.2, 0.25) is 17.7 Å². The van der Waals surface area contributed by atoms with Gasteiger partial charge in [0.25, 0.3) is 0 Å². The van der Waals surface area contributed by atoms with Gasteiger partial charge in [-0.15, -0.1) is 11.8 Å². The zero-order chi connectivity index (χ0) is 21.2. The number of carbonyl (C=O) groups excluding carboxylic acids is 3. The highest BCUT2D eigenvalue weighted by molar-refractivity contribution is 8.01. The standard InChI is InChI=1S/C20H17F3N2O3S/c1-12-5-7-14(8-6-12)24-17(26)11-29-16-10-18(27)25(19(16)28)15-4-2-3-13(9-15)20(21,22)23/h2-9,16H,10-11H2,1H3,(H,24,26). The van der Waals surface area contributed by atoms with Crippen molar-refractivity contribution in [2.75, 3.05) is 16.0 Å². The van der Waals surface area contributed by atoms with E-state index < -0.39 is 28.8 Å². The Bertz CT molecular complexity index is 945. The van der Waals surface area contributed by atoms with Crippen LogP contribution in [0.3, 0.4) is 0 Å². The summed E-state index contributed by atoms with van der Waals surface area (Å²) in [6, 6.07) is 11.2. The predicted octanol–water partition coefficient (Wildman–Crippen LogP) is 4.02. The fraction of sp³-hybridized carbons (Fsp3) is 0.250. The van der Waals surface area contributed by atoms with Crippen molar-refractivity contribution < 1.29 is 27.6 Å². The van der Waals surface area contributed by atoms with Crippen molar-refractivity contribution in [2.24, 2.45) is 0 Å². The van der Waals surface area contributed by atoms with E-state index in [0.29, 0.717) is 5.69 Å². The number of benzene rings is 2. The highest BCUT2D eigenvalue weighted by atomic mass is 32.2. The maximum Gasteiger partial charge on any atom is 0.416 e. The first-order chi connectivity index (χ1) is 13.6. The van der Waals surface area contributed by atoms with Gasteiger partial charge < -0.3 is 5.32 Å². The Labute approximate surface area is 169 Å². The fourth-order valence-electron chi connectivity index (χ4n) is 2.84. The fourth-order valence-corrected chi connectivity index (χ4v) is 3.77. The number of hydrogen-bond donors (Lipinski definition) is 1. The first kappa shape index (κ1) is 20.9. The molecule has 152 valence electrons. The van der Waals surface area contributed by atoms with Crippen molar-refractivity contribution in [2.45, 2.75) is 24.8 Å². The zero-order valence-corrected chi connectivity index (χ0v) is 16.1. The number of aryl methyl sites for hydroxylation is 1. The molecular weight excluding hydrogens is 405 g/mol. The van der Waals surface area contributed by atoms with Crippen LogP contribution in [0, 0.1) is 6.92 Å². The van der Waals surface area contributed by atoms with Crippen molar-refractivity contribution in [3.05, 3.63) is 59.7 Å². The molecule has 1 aliphatic heterocycles. The topological polar surface area (TPSA) is 66.5 Å². The van der Waals surface area contributed by atoms with E-state index in [2.05, 4.69) is 5.32 Å². The molecule has 0 saturated carbocycles. The number of imide groups is 1. The van der Waals surface area contributed by atoms with Crippen molar-refractivity contribution in [3.63, 3.8) is 0 Å². The van der Waals surface area contributed by atoms with E-state index in [1.807, 2.05) is 19.1 Å². The van der Waals surface area contributed by atoms with Crippen molar-refractivity contribution in [1.82, 2.24) is 0 Å². The van der Waals surface area contributed by atoms with Gasteiger partial charge in [-0.2, -0.15) is 13.2 Å². The SMILES string of the molecule is Cc1ccc(NC(=O)CSC2CC(=O)N(c3cccc(C(F)(F)F)c3)C2=O)cc1. The number of nitrogens with zero attached hydrogens (tertiary/aromatic N) is 1. The molecule has 1 aliphatic rings. The molecule has 5 nitrogen and oxygen atoms in total. The monoisotopic (exact) mass is 422 g/mol. The van der Waals surface area contributed by atoms with E-state index >= 15 is 0 Å². The summed E-state index contributed by atoms with van der Waals surface area (Å²) in [6.07, 6.45) is -4.75. The van der Waals surface area contributed by atoms with E-state index in [1.54, 1.807) is 12.1 Å². The van der Waals surface area contributed by atoms with Crippen LogP contribution in [-0.2, 0) is 20.6 Å². The third-order valence-electron chi connectivity index (χ3n) is 4.29. The first-order valence-electron chi connectivity index (χ1n) is 8.67. The van der Waals surface area contributed by atoms with Gasteiger partial charge in [0.15, 0.2) is 0 Å². The highest BCUT2D eigenvalue weighted by Gasteiger charge is 2.41. The van der Waals surface area contributed by atoms with Gasteiger partial charge in [-0.25, -0.2) is 4.90 Å². The summed E-state index contributed by atoms with van der Waals surface area (Å²) in [4.78, 5) is 37.6. The molecule has 1 unspecified atom stereocenters. The molecule has 0 radical (unpaired) electrons. The number of thioether (sulfide) groups is 1. The summed E-state index contributed by atoms with van der Waals surface area (Å²) >= 11 is 0.988. The van der Waals surface area contributed by atoms with E-state index in [0.717, 1.165) is 40.4 Å². The lowest BCUT2D eigenvalue weighted by molar-refractivity contribution is -0.137. The maximum absolute atomic E-state index is 12.9. The van der Waals surface area contributed by atoms with Gasteiger partial charge >= 0.3 is 6.18 Å². The largest absolute Gasteiger partial charge is 0.416 e. The molecule has 1 saturated heterocycles. The lowest BCUT2D eigenvalue weighted by Gasteiger charge is -2.16. The van der Waals surface area contributed by atoms with Gasteiger partial charge in [-0.1, -0.05) is 23.8 Å². The Morgan fingerprint density at radius 1 is 1.17 bits per heavy atom. The Kier molecular flexibility index (Phi) is 5.97. The molecule has 1 atom stereocenters. The van der Waals surface area contributed by atoms with Crippen LogP contribution < -0.4 is 10.2 Å². The molecule has 1 fully saturated rings. The van der Waals surface area contributed by atoms with E-state index in [4.69, 9.17) is 0 Å². The molecule has 0 bridgehead atoms. The molecule has 0 spiro atoms. The first-order valence-corrected chi connectivity index (χ1v) is 9.72. The van der Waals surface area contributed by atoms with Gasteiger partial charge in [0, 0.05) is 12.1 Å². The third kappa shape index (κ3) is 4.97. The van der Waals surface area contributed by atoms with E-state index in [9.17, 15) is 27.6 Å². The van der Waals surface area contributed by atoms with Crippen LogP contribution in [-0.4, -0.2) is 28.7 Å². The van der Waals surface area contributed by atoms with Crippen molar-refractivity contribution in [3.8, 4) is 0 Å². The summed E-state index contributed by atoms with van der Waals surface area (Å²) in [5, 5.41) is 1.87. The molecular formula is C20H17F3N2O3S. The lowest BCUT2D eigenvalue weighted by atomic mass is 10.2. The second kappa shape index (κ2) is 8.28. The predicted molar refractivity (Wildman–Crippen MR) is 105 cm³/mol. The number of amides is 3. The summed E-state index contributed by atoms with van der Waals surface area (Å²) in [7, 11) is 0. The second-order valence-corrected chi connectivity index (χ2v) is 7.72. The average molecular weight is 422 g/mol. The van der Waals surface area contributed by atoms with Crippen molar-refractivity contribution >= 4 is 40.9 Å². The number of carbonyl (C=O) groups is 3. The molecule has 3 rings (SSSR count). The average Bonchev–Trinajstić information content (AvgIpc) is 2.95. The highest BCUT2D eigenvalue weighted by Crippen LogP contribution is 2.34.